The lowest BCUT2D eigenvalue weighted by Crippen LogP contribution is -2.11. The summed E-state index contributed by atoms with van der Waals surface area (Å²) >= 11 is 0. The van der Waals surface area contributed by atoms with Crippen LogP contribution < -0.4 is 16.8 Å². The average molecular weight is 438 g/mol. The van der Waals surface area contributed by atoms with Gasteiger partial charge < -0.3 is 21.9 Å². The molecule has 0 radical (unpaired) electrons. The lowest BCUT2D eigenvalue weighted by molar-refractivity contribution is 0.0691. The Balaban J connectivity index is 1.53. The van der Waals surface area contributed by atoms with Crippen LogP contribution in [0.15, 0.2) is 60.9 Å². The number of carboxylic acid groups (broad SMARTS) is 1. The average Bonchev–Trinajstić information content (AvgIpc) is 2.83. The number of hydrogen-bond donors (Lipinski definition) is 4. The molecule has 10 nitrogen and oxygen atoms in total. The lowest BCUT2D eigenvalue weighted by Gasteiger charge is -2.10. The van der Waals surface area contributed by atoms with Crippen molar-refractivity contribution in [2.24, 2.45) is 0 Å². The number of carbonyl (C=O) groups is 1. The summed E-state index contributed by atoms with van der Waals surface area (Å²) in [5.74, 6) is -0.875. The Kier molecular flexibility index (Phi) is 5.77. The second-order valence-corrected chi connectivity index (χ2v) is 7.03. The number of anilines is 3. The Morgan fingerprint density at radius 1 is 1.03 bits per heavy atom. The smallest absolute Gasteiger partial charge is 0.358 e. The molecule has 0 saturated carbocycles. The summed E-state index contributed by atoms with van der Waals surface area (Å²) in [6, 6.07) is 16.5. The highest BCUT2D eigenvalue weighted by Crippen LogP contribution is 2.27. The van der Waals surface area contributed by atoms with Gasteiger partial charge in [-0.15, -0.1) is 0 Å². The molecule has 33 heavy (non-hydrogen) atoms. The zero-order valence-corrected chi connectivity index (χ0v) is 17.2. The van der Waals surface area contributed by atoms with Crippen LogP contribution in [-0.4, -0.2) is 31.0 Å². The zero-order chi connectivity index (χ0) is 23.4. The summed E-state index contributed by atoms with van der Waals surface area (Å²) < 4.78 is 0. The maximum Gasteiger partial charge on any atom is 0.358 e. The van der Waals surface area contributed by atoms with Crippen molar-refractivity contribution in [3.8, 4) is 28.6 Å². The molecule has 6 N–H and O–H groups in total. The summed E-state index contributed by atoms with van der Waals surface area (Å²) in [6.45, 7) is 0.309. The van der Waals surface area contributed by atoms with Crippen LogP contribution in [0, 0.1) is 11.3 Å². The van der Waals surface area contributed by atoms with E-state index in [1.54, 1.807) is 24.4 Å². The number of nitrogens with one attached hydrogen (secondary N) is 1. The van der Waals surface area contributed by atoms with E-state index in [4.69, 9.17) is 16.7 Å². The van der Waals surface area contributed by atoms with E-state index >= 15 is 0 Å². The number of benzene rings is 2. The molecule has 0 spiro atoms. The quantitative estimate of drug-likeness (QED) is 0.327. The minimum Gasteiger partial charge on any atom is -0.476 e. The van der Waals surface area contributed by atoms with Gasteiger partial charge in [0, 0.05) is 23.4 Å². The minimum atomic E-state index is -1.27. The highest BCUT2D eigenvalue weighted by atomic mass is 16.4. The minimum absolute atomic E-state index is 0.0653. The van der Waals surface area contributed by atoms with Crippen LogP contribution in [0.3, 0.4) is 0 Å². The van der Waals surface area contributed by atoms with Crippen LogP contribution >= 0.6 is 0 Å². The molecule has 4 rings (SSSR count). The van der Waals surface area contributed by atoms with Crippen LogP contribution in [0.4, 0.5) is 17.3 Å². The van der Waals surface area contributed by atoms with Gasteiger partial charge in [0.25, 0.3) is 0 Å². The van der Waals surface area contributed by atoms with Crippen molar-refractivity contribution in [1.82, 2.24) is 19.9 Å². The first kappa shape index (κ1) is 21.2. The number of nitrogens with two attached hydrogens (primary N) is 2. The highest BCUT2D eigenvalue weighted by molar-refractivity contribution is 5.90. The fraction of sp³-hybridized carbons (Fsp3) is 0.0435. The van der Waals surface area contributed by atoms with Gasteiger partial charge in [0.2, 0.25) is 0 Å². The molecule has 10 heteroatoms. The Morgan fingerprint density at radius 2 is 1.82 bits per heavy atom. The number of nitriles is 1. The molecule has 162 valence electrons. The second kappa shape index (κ2) is 8.99. The molecule has 2 heterocycles. The number of rotatable bonds is 6. The van der Waals surface area contributed by atoms with Crippen molar-refractivity contribution in [2.45, 2.75) is 6.54 Å². The van der Waals surface area contributed by atoms with Crippen molar-refractivity contribution in [3.63, 3.8) is 0 Å². The van der Waals surface area contributed by atoms with Crippen molar-refractivity contribution in [3.05, 3.63) is 77.9 Å². The molecule has 0 amide bonds. The summed E-state index contributed by atoms with van der Waals surface area (Å²) in [4.78, 5) is 28.1. The van der Waals surface area contributed by atoms with Gasteiger partial charge in [-0.25, -0.2) is 24.7 Å². The van der Waals surface area contributed by atoms with E-state index in [0.29, 0.717) is 29.4 Å². The second-order valence-electron chi connectivity index (χ2n) is 7.03. The predicted octanol–water partition coefficient (Wildman–Crippen LogP) is 2.95. The first-order valence-electron chi connectivity index (χ1n) is 9.76. The zero-order valence-electron chi connectivity index (χ0n) is 17.2. The number of hydrogen-bond acceptors (Lipinski definition) is 9. The fourth-order valence-electron chi connectivity index (χ4n) is 3.14. The van der Waals surface area contributed by atoms with Gasteiger partial charge in [0.15, 0.2) is 17.2 Å². The summed E-state index contributed by atoms with van der Waals surface area (Å²) in [5.41, 5.74) is 15.8. The van der Waals surface area contributed by atoms with Gasteiger partial charge in [-0.3, -0.25) is 0 Å². The summed E-state index contributed by atoms with van der Waals surface area (Å²) in [7, 11) is 0. The molecular formula is C23H18N8O2. The molecule has 0 atom stereocenters. The van der Waals surface area contributed by atoms with Gasteiger partial charge in [0.1, 0.15) is 17.6 Å². The topological polar surface area (TPSA) is 177 Å². The Hall–Kier alpha value is -5.04. The van der Waals surface area contributed by atoms with Crippen LogP contribution in [0.2, 0.25) is 0 Å². The number of nitrogens with zero attached hydrogens (tertiary/aromatic N) is 5. The van der Waals surface area contributed by atoms with E-state index in [1.807, 2.05) is 36.4 Å². The maximum absolute atomic E-state index is 11.4. The predicted molar refractivity (Wildman–Crippen MR) is 123 cm³/mol. The normalized spacial score (nSPS) is 10.4. The Morgan fingerprint density at radius 3 is 2.52 bits per heavy atom. The van der Waals surface area contributed by atoms with Gasteiger partial charge in [0.05, 0.1) is 18.1 Å². The third-order valence-electron chi connectivity index (χ3n) is 4.76. The van der Waals surface area contributed by atoms with Crippen molar-refractivity contribution < 1.29 is 9.90 Å². The first-order valence-corrected chi connectivity index (χ1v) is 9.76. The fourth-order valence-corrected chi connectivity index (χ4v) is 3.14. The molecule has 0 aliphatic heterocycles. The number of nitrogen functional groups attached to an aromatic ring is 2. The molecule has 0 aliphatic rings. The third kappa shape index (κ3) is 4.67. The number of aromatic nitrogens is 4. The first-order chi connectivity index (χ1) is 15.9. The molecular weight excluding hydrogens is 420 g/mol. The van der Waals surface area contributed by atoms with Crippen molar-refractivity contribution in [1.29, 1.82) is 5.26 Å². The SMILES string of the molecule is N#Cc1cnc(NCc2ccc(-c3cnc(N)c(-c4cccc(N)c4)n3)cc2)c(C(=O)O)n1. The monoisotopic (exact) mass is 438 g/mol. The molecule has 0 unspecified atom stereocenters. The maximum atomic E-state index is 11.4. The van der Waals surface area contributed by atoms with Crippen LogP contribution in [0.25, 0.3) is 22.5 Å². The van der Waals surface area contributed by atoms with E-state index in [-0.39, 0.29) is 17.2 Å². The molecule has 4 aromatic rings. The van der Waals surface area contributed by atoms with Crippen LogP contribution in [0.1, 0.15) is 21.7 Å². The Bertz CT molecular complexity index is 1380. The summed E-state index contributed by atoms with van der Waals surface area (Å²) in [6.07, 6.45) is 2.82. The summed E-state index contributed by atoms with van der Waals surface area (Å²) in [5, 5.41) is 21.1. The standard InChI is InChI=1S/C23H18N8O2/c24-9-17-11-29-22(20(30-17)23(32)33)28-10-13-4-6-14(7-5-13)18-12-27-21(26)19(31-18)15-2-1-3-16(25)8-15/h1-8,11-12H,10,25H2,(H2,26,27)(H,28,29)(H,32,33). The largest absolute Gasteiger partial charge is 0.476 e. The number of carboxylic acids is 1. The van der Waals surface area contributed by atoms with E-state index in [1.165, 1.54) is 6.20 Å². The van der Waals surface area contributed by atoms with Gasteiger partial charge in [-0.1, -0.05) is 36.4 Å². The molecule has 0 bridgehead atoms. The van der Waals surface area contributed by atoms with Crippen LogP contribution in [0.5, 0.6) is 0 Å². The van der Waals surface area contributed by atoms with Gasteiger partial charge >= 0.3 is 5.97 Å². The third-order valence-corrected chi connectivity index (χ3v) is 4.76. The molecule has 2 aromatic carbocycles. The molecule has 0 saturated heterocycles. The van der Waals surface area contributed by atoms with Crippen LogP contribution in [-0.2, 0) is 6.54 Å². The van der Waals surface area contributed by atoms with Gasteiger partial charge in [-0.05, 0) is 17.7 Å². The molecule has 2 aromatic heterocycles. The van der Waals surface area contributed by atoms with E-state index in [9.17, 15) is 9.90 Å². The van der Waals surface area contributed by atoms with Crippen molar-refractivity contribution >= 4 is 23.3 Å². The van der Waals surface area contributed by atoms with E-state index < -0.39 is 5.97 Å². The molecule has 0 fully saturated rings. The van der Waals surface area contributed by atoms with E-state index in [0.717, 1.165) is 16.7 Å². The Labute approximate surface area is 188 Å². The lowest BCUT2D eigenvalue weighted by atomic mass is 10.1. The van der Waals surface area contributed by atoms with Crippen molar-refractivity contribution in [2.75, 3.05) is 16.8 Å². The number of aromatic carboxylic acids is 1. The van der Waals surface area contributed by atoms with E-state index in [2.05, 4.69) is 25.3 Å². The molecule has 0 aliphatic carbocycles. The highest BCUT2D eigenvalue weighted by Gasteiger charge is 2.15. The van der Waals surface area contributed by atoms with Gasteiger partial charge in [-0.2, -0.15) is 5.26 Å².